The van der Waals surface area contributed by atoms with Crippen molar-refractivity contribution in [3.63, 3.8) is 0 Å². The molecule has 1 saturated heterocycles. The maximum Gasteiger partial charge on any atom is 0.251 e. The number of ether oxygens (including phenoxy) is 1. The summed E-state index contributed by atoms with van der Waals surface area (Å²) in [5.41, 5.74) is 4.03. The number of benzene rings is 1. The molecule has 3 atom stereocenters. The summed E-state index contributed by atoms with van der Waals surface area (Å²) in [5.74, 6) is 0. The molecule has 2 aliphatic heterocycles. The van der Waals surface area contributed by atoms with Crippen LogP contribution in [0.5, 0.6) is 0 Å². The molecule has 0 saturated carbocycles. The molecular weight excluding hydrogens is 466 g/mol. The molecule has 4 heterocycles. The molecule has 8 heteroatoms. The zero-order chi connectivity index (χ0) is 21.5. The minimum Gasteiger partial charge on any atom is -0.356 e. The second kappa shape index (κ2) is 8.56. The Kier molecular flexibility index (Phi) is 5.79. The van der Waals surface area contributed by atoms with Gasteiger partial charge in [0.2, 0.25) is 0 Å². The van der Waals surface area contributed by atoms with Crippen molar-refractivity contribution < 1.29 is 13.5 Å². The maximum atomic E-state index is 13.5. The number of halogens is 3. The predicted octanol–water partition coefficient (Wildman–Crippen LogP) is 5.49. The van der Waals surface area contributed by atoms with E-state index in [1.54, 1.807) is 6.20 Å². The van der Waals surface area contributed by atoms with Gasteiger partial charge < -0.3 is 4.74 Å². The molecule has 1 unspecified atom stereocenters. The Morgan fingerprint density at radius 3 is 2.77 bits per heavy atom. The van der Waals surface area contributed by atoms with Crippen LogP contribution in [0.1, 0.15) is 55.3 Å². The molecule has 0 amide bonds. The Hall–Kier alpha value is -1.90. The molecule has 2 aromatic heterocycles. The van der Waals surface area contributed by atoms with E-state index in [1.165, 1.54) is 5.56 Å². The first-order valence-electron chi connectivity index (χ1n) is 10.8. The quantitative estimate of drug-likeness (QED) is 0.484. The number of rotatable bonds is 4. The summed E-state index contributed by atoms with van der Waals surface area (Å²) < 4.78 is 35.8. The lowest BCUT2D eigenvalue weighted by atomic mass is 9.85. The van der Waals surface area contributed by atoms with Gasteiger partial charge in [-0.25, -0.2) is 13.5 Å². The van der Waals surface area contributed by atoms with Crippen molar-refractivity contribution in [1.29, 1.82) is 0 Å². The van der Waals surface area contributed by atoms with Crippen molar-refractivity contribution in [1.82, 2.24) is 19.7 Å². The zero-order valence-electron chi connectivity index (χ0n) is 17.3. The molecule has 5 nitrogen and oxygen atoms in total. The van der Waals surface area contributed by atoms with E-state index in [9.17, 15) is 8.78 Å². The second-order valence-electron chi connectivity index (χ2n) is 8.42. The third-order valence-electron chi connectivity index (χ3n) is 6.43. The summed E-state index contributed by atoms with van der Waals surface area (Å²) >= 11 is 3.42. The second-order valence-corrected chi connectivity index (χ2v) is 9.34. The highest BCUT2D eigenvalue weighted by Gasteiger charge is 2.37. The van der Waals surface area contributed by atoms with Crippen molar-refractivity contribution in [3.05, 3.63) is 58.0 Å². The Morgan fingerprint density at radius 1 is 1.19 bits per heavy atom. The van der Waals surface area contributed by atoms with Crippen LogP contribution < -0.4 is 0 Å². The van der Waals surface area contributed by atoms with Gasteiger partial charge in [-0.15, -0.1) is 0 Å². The fourth-order valence-corrected chi connectivity index (χ4v) is 5.23. The van der Waals surface area contributed by atoms with Crippen molar-refractivity contribution >= 4 is 26.8 Å². The van der Waals surface area contributed by atoms with E-state index < -0.39 is 6.43 Å². The number of hydrogen-bond acceptors (Lipinski definition) is 4. The smallest absolute Gasteiger partial charge is 0.251 e. The van der Waals surface area contributed by atoms with E-state index >= 15 is 0 Å². The van der Waals surface area contributed by atoms with Crippen molar-refractivity contribution in [3.8, 4) is 0 Å². The molecule has 0 radical (unpaired) electrons. The van der Waals surface area contributed by atoms with Gasteiger partial charge in [-0.05, 0) is 77.9 Å². The number of pyridine rings is 1. The van der Waals surface area contributed by atoms with Crippen LogP contribution in [-0.2, 0) is 11.2 Å². The highest BCUT2D eigenvalue weighted by Crippen LogP contribution is 2.41. The highest BCUT2D eigenvalue weighted by atomic mass is 79.9. The Morgan fingerprint density at radius 2 is 2.06 bits per heavy atom. The first-order valence-corrected chi connectivity index (χ1v) is 11.6. The Bertz CT molecular complexity index is 1070. The van der Waals surface area contributed by atoms with E-state index in [2.05, 4.69) is 38.1 Å². The number of nitrogens with zero attached hydrogens (tertiary/aromatic N) is 4. The van der Waals surface area contributed by atoms with Crippen molar-refractivity contribution in [2.75, 3.05) is 13.2 Å². The summed E-state index contributed by atoms with van der Waals surface area (Å²) in [7, 11) is 0. The lowest BCUT2D eigenvalue weighted by Crippen LogP contribution is -2.45. The molecular formula is C23H25BrF2N4O. The highest BCUT2D eigenvalue weighted by molar-refractivity contribution is 9.10. The minimum atomic E-state index is -2.41. The maximum absolute atomic E-state index is 13.5. The molecule has 0 spiro atoms. The summed E-state index contributed by atoms with van der Waals surface area (Å²) in [4.78, 5) is 6.46. The van der Waals surface area contributed by atoms with Crippen LogP contribution in [0, 0.1) is 0 Å². The average Bonchev–Trinajstić information content (AvgIpc) is 3.20. The molecule has 1 aromatic carbocycles. The van der Waals surface area contributed by atoms with Crippen LogP contribution in [0.25, 0.3) is 10.9 Å². The van der Waals surface area contributed by atoms with Crippen LogP contribution in [0.3, 0.4) is 0 Å². The van der Waals surface area contributed by atoms with Crippen molar-refractivity contribution in [2.24, 2.45) is 0 Å². The third kappa shape index (κ3) is 3.90. The number of fused-ring (bicyclic) bond motifs is 3. The SMILES string of the molecule is C[C@@H]1Cc2c(ccc3c2cnn3C2CCCCO2)[C@@H](c2ccc(Br)cn2)N1CC(F)F. The van der Waals surface area contributed by atoms with Crippen LogP contribution >= 0.6 is 15.9 Å². The lowest BCUT2D eigenvalue weighted by Gasteiger charge is -2.41. The number of alkyl halides is 2. The first kappa shape index (κ1) is 21.0. The normalized spacial score (nSPS) is 24.6. The van der Waals surface area contributed by atoms with Crippen LogP contribution in [0.2, 0.25) is 0 Å². The van der Waals surface area contributed by atoms with E-state index in [4.69, 9.17) is 4.74 Å². The molecule has 2 aliphatic rings. The van der Waals surface area contributed by atoms with Crippen molar-refractivity contribution in [2.45, 2.75) is 57.3 Å². The topological polar surface area (TPSA) is 43.2 Å². The summed E-state index contributed by atoms with van der Waals surface area (Å²) in [6.07, 6.45) is 5.07. The fourth-order valence-electron chi connectivity index (χ4n) is 4.99. The first-order chi connectivity index (χ1) is 15.0. The van der Waals surface area contributed by atoms with Gasteiger partial charge in [0, 0.05) is 28.7 Å². The summed E-state index contributed by atoms with van der Waals surface area (Å²) in [6, 6.07) is 7.59. The summed E-state index contributed by atoms with van der Waals surface area (Å²) in [5, 5.41) is 5.75. The van der Waals surface area contributed by atoms with Gasteiger partial charge in [-0.3, -0.25) is 9.88 Å². The molecule has 1 fully saturated rings. The van der Waals surface area contributed by atoms with Gasteiger partial charge in [-0.1, -0.05) is 6.07 Å². The molecule has 0 bridgehead atoms. The van der Waals surface area contributed by atoms with Gasteiger partial charge in [0.15, 0.2) is 6.23 Å². The Balaban J connectivity index is 1.62. The molecule has 31 heavy (non-hydrogen) atoms. The molecule has 0 aliphatic carbocycles. The van der Waals surface area contributed by atoms with E-state index in [0.717, 1.165) is 52.5 Å². The molecule has 3 aromatic rings. The minimum absolute atomic E-state index is 0.0374. The van der Waals surface area contributed by atoms with Crippen LogP contribution in [0.15, 0.2) is 41.1 Å². The predicted molar refractivity (Wildman–Crippen MR) is 118 cm³/mol. The molecule has 0 N–H and O–H groups in total. The summed E-state index contributed by atoms with van der Waals surface area (Å²) in [6.45, 7) is 2.49. The number of hydrogen-bond donors (Lipinski definition) is 0. The Labute approximate surface area is 188 Å². The largest absolute Gasteiger partial charge is 0.356 e. The van der Waals surface area contributed by atoms with Gasteiger partial charge in [0.25, 0.3) is 6.43 Å². The van der Waals surface area contributed by atoms with Gasteiger partial charge in [0.1, 0.15) is 0 Å². The molecule has 5 rings (SSSR count). The lowest BCUT2D eigenvalue weighted by molar-refractivity contribution is -0.0366. The molecule has 164 valence electrons. The van der Waals surface area contributed by atoms with Gasteiger partial charge in [0.05, 0.1) is 30.0 Å². The monoisotopic (exact) mass is 490 g/mol. The van der Waals surface area contributed by atoms with Gasteiger partial charge >= 0.3 is 0 Å². The standard InChI is InChI=1S/C23H25BrF2N4O/c1-14-10-17-16(23(29(14)13-21(25)26)19-7-5-15(24)11-27-19)6-8-20-18(17)12-28-30(20)22-4-2-3-9-31-22/h5-8,11-12,14,21-23H,2-4,9-10,13H2,1H3/t14-,22?,23+/m1/s1. The van der Waals surface area contributed by atoms with E-state index in [0.29, 0.717) is 6.42 Å². The van der Waals surface area contributed by atoms with E-state index in [-0.39, 0.29) is 24.9 Å². The van der Waals surface area contributed by atoms with Gasteiger partial charge in [-0.2, -0.15) is 5.10 Å². The number of aromatic nitrogens is 3. The zero-order valence-corrected chi connectivity index (χ0v) is 18.9. The van der Waals surface area contributed by atoms with Crippen LogP contribution in [0.4, 0.5) is 8.78 Å². The average molecular weight is 491 g/mol. The third-order valence-corrected chi connectivity index (χ3v) is 6.90. The van der Waals surface area contributed by atoms with E-state index in [1.807, 2.05) is 34.8 Å². The van der Waals surface area contributed by atoms with Crippen LogP contribution in [-0.4, -0.2) is 45.3 Å². The fraction of sp³-hybridized carbons (Fsp3) is 0.478.